The van der Waals surface area contributed by atoms with Crippen LogP contribution in [0.3, 0.4) is 0 Å². The molecule has 2 aromatic rings. The lowest BCUT2D eigenvalue weighted by Crippen LogP contribution is -2.25. The van der Waals surface area contributed by atoms with Gasteiger partial charge in [-0.15, -0.1) is 0 Å². The van der Waals surface area contributed by atoms with Crippen LogP contribution in [-0.2, 0) is 27.1 Å². The van der Waals surface area contributed by atoms with E-state index in [0.29, 0.717) is 10.7 Å². The number of nitrogens with zero attached hydrogens (tertiary/aromatic N) is 3. The predicted molar refractivity (Wildman–Crippen MR) is 137 cm³/mol. The Bertz CT molecular complexity index is 1360. The summed E-state index contributed by atoms with van der Waals surface area (Å²) >= 11 is 1.27. The second kappa shape index (κ2) is 11.9. The quantitative estimate of drug-likeness (QED) is 0.394. The molecule has 4 rings (SSSR count). The van der Waals surface area contributed by atoms with Gasteiger partial charge in [0, 0.05) is 11.3 Å². The van der Waals surface area contributed by atoms with Crippen LogP contribution in [0.4, 0.5) is 10.1 Å². The molecule has 0 amide bonds. The lowest BCUT2D eigenvalue weighted by molar-refractivity contribution is -0.139. The van der Waals surface area contributed by atoms with Crippen molar-refractivity contribution in [1.29, 1.82) is 10.5 Å². The van der Waals surface area contributed by atoms with Crippen molar-refractivity contribution in [2.24, 2.45) is 0 Å². The number of halogens is 1. The SMILES string of the molecule is CCOC(=O)C1=C(CSc2nc3c(cc2N)CCCCCC3)OC(C#N)=C(C#N)C1c1ccccc1F. The monoisotopic (exact) mass is 518 g/mol. The summed E-state index contributed by atoms with van der Waals surface area (Å²) in [5.74, 6) is -2.58. The van der Waals surface area contributed by atoms with E-state index in [1.807, 2.05) is 18.2 Å². The minimum Gasteiger partial charge on any atom is -0.463 e. The number of anilines is 1. The first-order valence-corrected chi connectivity index (χ1v) is 13.2. The largest absolute Gasteiger partial charge is 0.463 e. The fourth-order valence-electron chi connectivity index (χ4n) is 4.67. The van der Waals surface area contributed by atoms with E-state index in [1.165, 1.54) is 42.8 Å². The van der Waals surface area contributed by atoms with Crippen LogP contribution < -0.4 is 5.73 Å². The second-order valence-corrected chi connectivity index (χ2v) is 9.74. The number of fused-ring (bicyclic) bond motifs is 1. The van der Waals surface area contributed by atoms with Gasteiger partial charge in [0.1, 0.15) is 28.7 Å². The van der Waals surface area contributed by atoms with Gasteiger partial charge in [-0.3, -0.25) is 0 Å². The van der Waals surface area contributed by atoms with Gasteiger partial charge in [-0.25, -0.2) is 14.2 Å². The third-order valence-electron chi connectivity index (χ3n) is 6.41. The van der Waals surface area contributed by atoms with Crippen LogP contribution in [0.1, 0.15) is 55.3 Å². The Kier molecular flexibility index (Phi) is 8.47. The van der Waals surface area contributed by atoms with Gasteiger partial charge < -0.3 is 15.2 Å². The minimum absolute atomic E-state index is 0.0141. The molecule has 1 unspecified atom stereocenters. The zero-order valence-electron chi connectivity index (χ0n) is 20.6. The summed E-state index contributed by atoms with van der Waals surface area (Å²) in [6.45, 7) is 1.72. The van der Waals surface area contributed by atoms with Crippen LogP contribution >= 0.6 is 11.8 Å². The van der Waals surface area contributed by atoms with Crippen molar-refractivity contribution in [3.05, 3.63) is 75.6 Å². The predicted octanol–water partition coefficient (Wildman–Crippen LogP) is 5.49. The average molecular weight is 519 g/mol. The summed E-state index contributed by atoms with van der Waals surface area (Å²) in [7, 11) is 0. The van der Waals surface area contributed by atoms with E-state index in [9.17, 15) is 19.7 Å². The van der Waals surface area contributed by atoms with Crippen molar-refractivity contribution < 1.29 is 18.7 Å². The van der Waals surface area contributed by atoms with Crippen LogP contribution in [0.2, 0.25) is 0 Å². The number of carbonyl (C=O) groups is 1. The number of nitriles is 2. The zero-order chi connectivity index (χ0) is 26.4. The molecule has 0 saturated carbocycles. The number of rotatable bonds is 6. The van der Waals surface area contributed by atoms with Gasteiger partial charge in [0.25, 0.3) is 0 Å². The highest BCUT2D eigenvalue weighted by atomic mass is 32.2. The normalized spacial score (nSPS) is 17.6. The molecule has 1 aliphatic carbocycles. The number of aromatic nitrogens is 1. The van der Waals surface area contributed by atoms with Gasteiger partial charge in [0.05, 0.1) is 35.1 Å². The van der Waals surface area contributed by atoms with Gasteiger partial charge >= 0.3 is 5.97 Å². The Balaban J connectivity index is 1.76. The number of pyridine rings is 1. The lowest BCUT2D eigenvalue weighted by atomic mass is 9.82. The third kappa shape index (κ3) is 5.63. The van der Waals surface area contributed by atoms with Gasteiger partial charge in [0.2, 0.25) is 5.76 Å². The number of nitrogen functional groups attached to an aromatic ring is 1. The molecule has 9 heteroatoms. The molecule has 1 aromatic carbocycles. The van der Waals surface area contributed by atoms with Crippen LogP contribution in [0.15, 0.2) is 58.0 Å². The molecule has 7 nitrogen and oxygen atoms in total. The number of allylic oxidation sites excluding steroid dienone is 2. The maximum absolute atomic E-state index is 14.9. The Hall–Kier alpha value is -3.82. The van der Waals surface area contributed by atoms with E-state index in [0.717, 1.165) is 36.9 Å². The minimum atomic E-state index is -1.15. The van der Waals surface area contributed by atoms with Crippen molar-refractivity contribution in [3.63, 3.8) is 0 Å². The number of thioether (sulfide) groups is 1. The molecule has 1 aromatic heterocycles. The van der Waals surface area contributed by atoms with E-state index >= 15 is 0 Å². The van der Waals surface area contributed by atoms with Crippen molar-refractivity contribution in [1.82, 2.24) is 4.98 Å². The fourth-order valence-corrected chi connectivity index (χ4v) is 5.55. The summed E-state index contributed by atoms with van der Waals surface area (Å²) in [5.41, 5.74) is 8.97. The van der Waals surface area contributed by atoms with Crippen LogP contribution in [-0.4, -0.2) is 23.3 Å². The molecule has 190 valence electrons. The van der Waals surface area contributed by atoms with Gasteiger partial charge in [0.15, 0.2) is 0 Å². The topological polar surface area (TPSA) is 122 Å². The summed E-state index contributed by atoms with van der Waals surface area (Å²) in [6.07, 6.45) is 6.34. The maximum Gasteiger partial charge on any atom is 0.338 e. The Morgan fingerprint density at radius 3 is 2.68 bits per heavy atom. The van der Waals surface area contributed by atoms with Crippen molar-refractivity contribution in [2.45, 2.75) is 56.4 Å². The molecule has 0 bridgehead atoms. The average Bonchev–Trinajstić information content (AvgIpc) is 2.88. The fraction of sp³-hybridized carbons (Fsp3) is 0.357. The van der Waals surface area contributed by atoms with Gasteiger partial charge in [-0.05, 0) is 50.3 Å². The summed E-state index contributed by atoms with van der Waals surface area (Å²) in [4.78, 5) is 18.0. The summed E-state index contributed by atoms with van der Waals surface area (Å²) in [5, 5.41) is 20.2. The summed E-state index contributed by atoms with van der Waals surface area (Å²) in [6, 6.07) is 11.6. The number of esters is 1. The Morgan fingerprint density at radius 1 is 1.22 bits per heavy atom. The molecule has 0 saturated heterocycles. The number of ether oxygens (including phenoxy) is 2. The van der Waals surface area contributed by atoms with Gasteiger partial charge in [-0.1, -0.05) is 42.8 Å². The number of carbonyl (C=O) groups excluding carboxylic acids is 1. The highest BCUT2D eigenvalue weighted by Gasteiger charge is 2.39. The van der Waals surface area contributed by atoms with E-state index in [-0.39, 0.29) is 40.6 Å². The van der Waals surface area contributed by atoms with E-state index < -0.39 is 17.7 Å². The number of aryl methyl sites for hydroxylation is 2. The first kappa shape index (κ1) is 26.2. The molecular formula is C28H27FN4O3S. The first-order chi connectivity index (χ1) is 18.0. The number of benzene rings is 1. The van der Waals surface area contributed by atoms with E-state index in [1.54, 1.807) is 13.0 Å². The molecule has 1 aliphatic heterocycles. The van der Waals surface area contributed by atoms with Crippen LogP contribution in [0.5, 0.6) is 0 Å². The third-order valence-corrected chi connectivity index (χ3v) is 7.42. The molecule has 0 radical (unpaired) electrons. The molecule has 2 heterocycles. The molecule has 37 heavy (non-hydrogen) atoms. The highest BCUT2D eigenvalue weighted by Crippen LogP contribution is 2.43. The molecule has 0 spiro atoms. The number of hydrogen-bond acceptors (Lipinski definition) is 8. The van der Waals surface area contributed by atoms with Crippen molar-refractivity contribution >= 4 is 23.4 Å². The Morgan fingerprint density at radius 2 is 1.97 bits per heavy atom. The maximum atomic E-state index is 14.9. The molecule has 1 atom stereocenters. The molecular weight excluding hydrogens is 491 g/mol. The smallest absolute Gasteiger partial charge is 0.338 e. The van der Waals surface area contributed by atoms with Crippen molar-refractivity contribution in [3.8, 4) is 12.1 Å². The summed E-state index contributed by atoms with van der Waals surface area (Å²) < 4.78 is 26.0. The molecule has 2 N–H and O–H groups in total. The van der Waals surface area contributed by atoms with Gasteiger partial charge in [-0.2, -0.15) is 10.5 Å². The van der Waals surface area contributed by atoms with E-state index in [4.69, 9.17) is 20.2 Å². The second-order valence-electron chi connectivity index (χ2n) is 8.77. The molecule has 0 fully saturated rings. The van der Waals surface area contributed by atoms with Crippen LogP contribution in [0, 0.1) is 28.5 Å². The number of hydrogen-bond donors (Lipinski definition) is 1. The van der Waals surface area contributed by atoms with Crippen LogP contribution in [0.25, 0.3) is 0 Å². The van der Waals surface area contributed by atoms with E-state index in [2.05, 4.69) is 0 Å². The first-order valence-electron chi connectivity index (χ1n) is 12.3. The Labute approximate surface area is 219 Å². The van der Waals surface area contributed by atoms with Crippen molar-refractivity contribution in [2.75, 3.05) is 18.1 Å². The lowest BCUT2D eigenvalue weighted by Gasteiger charge is -2.27. The standard InChI is InChI=1S/C28H27FN4O3S/c1-2-35-28(34)26-24(16-37-27-21(32)13-17-9-5-3-4-6-12-22(17)33-27)36-23(15-31)19(14-30)25(26)18-10-7-8-11-20(18)29/h7-8,10-11,13,25H,2-6,9,12,16,32H2,1H3. The highest BCUT2D eigenvalue weighted by molar-refractivity contribution is 7.99. The molecule has 2 aliphatic rings. The zero-order valence-corrected chi connectivity index (χ0v) is 21.4. The number of nitrogens with two attached hydrogens (primary N) is 1.